The molecule has 9 nitrogen and oxygen atoms in total. The van der Waals surface area contributed by atoms with Gasteiger partial charge >= 0.3 is 5.97 Å². The van der Waals surface area contributed by atoms with Crippen molar-refractivity contribution in [2.24, 2.45) is 0 Å². The first-order chi connectivity index (χ1) is 15.3. The van der Waals surface area contributed by atoms with Gasteiger partial charge < -0.3 is 14.8 Å². The second-order valence-electron chi connectivity index (χ2n) is 7.02. The number of esters is 1. The summed E-state index contributed by atoms with van der Waals surface area (Å²) in [5.74, 6) is -1.37. The number of ether oxygens (including phenoxy) is 2. The molecule has 0 unspecified atom stereocenters. The van der Waals surface area contributed by atoms with Gasteiger partial charge in [-0.05, 0) is 42.5 Å². The fraction of sp³-hybridized carbons (Fsp3) is 0.318. The van der Waals surface area contributed by atoms with Crippen molar-refractivity contribution in [1.82, 2.24) is 4.31 Å². The Morgan fingerprint density at radius 1 is 1.03 bits per heavy atom. The number of hydrogen-bond acceptors (Lipinski definition) is 7. The van der Waals surface area contributed by atoms with E-state index >= 15 is 0 Å². The number of benzene rings is 2. The molecule has 1 N–H and O–H groups in total. The third kappa shape index (κ3) is 5.78. The van der Waals surface area contributed by atoms with Gasteiger partial charge in [0.1, 0.15) is 0 Å². The van der Waals surface area contributed by atoms with Crippen molar-refractivity contribution in [3.8, 4) is 0 Å². The molecule has 0 spiro atoms. The van der Waals surface area contributed by atoms with Crippen molar-refractivity contribution in [3.63, 3.8) is 0 Å². The summed E-state index contributed by atoms with van der Waals surface area (Å²) in [7, 11) is -3.76. The van der Waals surface area contributed by atoms with E-state index in [1.54, 1.807) is 19.1 Å². The monoisotopic (exact) mass is 460 g/mol. The van der Waals surface area contributed by atoms with Crippen LogP contribution in [0.2, 0.25) is 0 Å². The van der Waals surface area contributed by atoms with E-state index in [0.717, 1.165) is 0 Å². The van der Waals surface area contributed by atoms with Crippen LogP contribution in [-0.2, 0) is 24.3 Å². The average Bonchev–Trinajstić information content (AvgIpc) is 2.83. The van der Waals surface area contributed by atoms with Gasteiger partial charge in [-0.3, -0.25) is 9.59 Å². The molecule has 1 aliphatic heterocycles. The van der Waals surface area contributed by atoms with E-state index in [0.29, 0.717) is 30.9 Å². The molecule has 0 saturated carbocycles. The first-order valence-corrected chi connectivity index (χ1v) is 11.5. The van der Waals surface area contributed by atoms with E-state index in [1.807, 2.05) is 0 Å². The second kappa shape index (κ2) is 10.5. The molecule has 32 heavy (non-hydrogen) atoms. The van der Waals surface area contributed by atoms with Crippen molar-refractivity contribution < 1.29 is 32.3 Å². The molecule has 1 aliphatic rings. The summed E-state index contributed by atoms with van der Waals surface area (Å²) in [6, 6.07) is 11.7. The highest BCUT2D eigenvalue weighted by atomic mass is 32.2. The lowest BCUT2D eigenvalue weighted by molar-refractivity contribution is -0.115. The molecule has 170 valence electrons. The number of anilines is 1. The van der Waals surface area contributed by atoms with E-state index in [4.69, 9.17) is 9.47 Å². The third-order valence-electron chi connectivity index (χ3n) is 4.82. The normalized spacial score (nSPS) is 14.5. The zero-order valence-electron chi connectivity index (χ0n) is 17.6. The fourth-order valence-corrected chi connectivity index (χ4v) is 4.46. The molecule has 1 heterocycles. The van der Waals surface area contributed by atoms with Gasteiger partial charge in [-0.25, -0.2) is 13.2 Å². The third-order valence-corrected chi connectivity index (χ3v) is 6.72. The van der Waals surface area contributed by atoms with Crippen LogP contribution in [0, 0.1) is 0 Å². The summed E-state index contributed by atoms with van der Waals surface area (Å²) < 4.78 is 37.1. The molecule has 1 fully saturated rings. The maximum Gasteiger partial charge on any atom is 0.338 e. The molecular formula is C22H24N2O7S. The summed E-state index contributed by atoms with van der Waals surface area (Å²) in [5.41, 5.74) is 0.907. The van der Waals surface area contributed by atoms with Gasteiger partial charge in [0.15, 0.2) is 12.4 Å². The van der Waals surface area contributed by atoms with E-state index in [9.17, 15) is 22.8 Å². The maximum absolute atomic E-state index is 12.8. The van der Waals surface area contributed by atoms with Crippen LogP contribution in [-0.4, -0.2) is 63.3 Å². The molecule has 0 aliphatic carbocycles. The van der Waals surface area contributed by atoms with Crippen LogP contribution in [0.4, 0.5) is 5.69 Å². The average molecular weight is 461 g/mol. The largest absolute Gasteiger partial charge is 0.454 e. The molecule has 0 radical (unpaired) electrons. The molecule has 0 bridgehead atoms. The van der Waals surface area contributed by atoms with Crippen molar-refractivity contribution in [2.45, 2.75) is 18.2 Å². The maximum atomic E-state index is 12.8. The topological polar surface area (TPSA) is 119 Å². The lowest BCUT2D eigenvalue weighted by Crippen LogP contribution is -2.40. The smallest absolute Gasteiger partial charge is 0.338 e. The number of carbonyl (C=O) groups excluding carboxylic acids is 3. The number of morpholine rings is 1. The van der Waals surface area contributed by atoms with Crippen LogP contribution in [0.25, 0.3) is 0 Å². The van der Waals surface area contributed by atoms with Crippen LogP contribution >= 0.6 is 0 Å². The summed E-state index contributed by atoms with van der Waals surface area (Å²) in [6.45, 7) is 2.35. The van der Waals surface area contributed by atoms with Crippen molar-refractivity contribution in [1.29, 1.82) is 0 Å². The quantitative estimate of drug-likeness (QED) is 0.473. The minimum atomic E-state index is -3.76. The lowest BCUT2D eigenvalue weighted by Gasteiger charge is -2.26. The highest BCUT2D eigenvalue weighted by molar-refractivity contribution is 7.89. The molecule has 2 aromatic rings. The van der Waals surface area contributed by atoms with Gasteiger partial charge in [0.05, 0.1) is 23.7 Å². The highest BCUT2D eigenvalue weighted by Gasteiger charge is 2.27. The Kier molecular flexibility index (Phi) is 7.73. The number of hydrogen-bond donors (Lipinski definition) is 1. The zero-order valence-corrected chi connectivity index (χ0v) is 18.4. The molecule has 10 heteroatoms. The Balaban J connectivity index is 1.62. The van der Waals surface area contributed by atoms with E-state index < -0.39 is 28.4 Å². The molecule has 0 aromatic heterocycles. The van der Waals surface area contributed by atoms with Crippen LogP contribution in [0.1, 0.15) is 34.1 Å². The fourth-order valence-electron chi connectivity index (χ4n) is 3.01. The SMILES string of the molecule is CCC(=O)Nc1ccc(C(=O)COC(=O)c2cccc(S(=O)(=O)N3CCOCC3)c2)cc1. The Labute approximate surface area is 186 Å². The molecule has 1 amide bonds. The van der Waals surface area contributed by atoms with Crippen molar-refractivity contribution in [2.75, 3.05) is 38.2 Å². The lowest BCUT2D eigenvalue weighted by atomic mass is 10.1. The Bertz CT molecular complexity index is 1090. The van der Waals surface area contributed by atoms with Gasteiger partial charge in [0, 0.05) is 30.8 Å². The van der Waals surface area contributed by atoms with Gasteiger partial charge in [-0.15, -0.1) is 0 Å². The van der Waals surface area contributed by atoms with Crippen LogP contribution in [0.5, 0.6) is 0 Å². The van der Waals surface area contributed by atoms with E-state index in [-0.39, 0.29) is 29.5 Å². The van der Waals surface area contributed by atoms with Gasteiger partial charge in [-0.1, -0.05) is 13.0 Å². The summed E-state index contributed by atoms with van der Waals surface area (Å²) in [4.78, 5) is 36.1. The van der Waals surface area contributed by atoms with Crippen LogP contribution < -0.4 is 5.32 Å². The van der Waals surface area contributed by atoms with Crippen LogP contribution in [0.3, 0.4) is 0 Å². The first kappa shape index (κ1) is 23.6. The van der Waals surface area contributed by atoms with E-state index in [1.165, 1.54) is 40.7 Å². The zero-order chi connectivity index (χ0) is 23.1. The molecule has 0 atom stereocenters. The summed E-state index contributed by atoms with van der Waals surface area (Å²) >= 11 is 0. The Morgan fingerprint density at radius 3 is 2.38 bits per heavy atom. The van der Waals surface area contributed by atoms with Crippen LogP contribution in [0.15, 0.2) is 53.4 Å². The number of Topliss-reactive ketones (excluding diaryl/α,β-unsaturated/α-hetero) is 1. The van der Waals surface area contributed by atoms with Gasteiger partial charge in [-0.2, -0.15) is 4.31 Å². The standard InChI is InChI=1S/C22H24N2O7S/c1-2-21(26)23-18-8-6-16(7-9-18)20(25)15-31-22(27)17-4-3-5-19(14-17)32(28,29)24-10-12-30-13-11-24/h3-9,14H,2,10-13,15H2,1H3,(H,23,26). The predicted octanol–water partition coefficient (Wildman–Crippen LogP) is 2.10. The predicted molar refractivity (Wildman–Crippen MR) is 116 cm³/mol. The molecule has 3 rings (SSSR count). The molecule has 1 saturated heterocycles. The number of nitrogens with zero attached hydrogens (tertiary/aromatic N) is 1. The molecule has 2 aromatic carbocycles. The Hall–Kier alpha value is -3.08. The Morgan fingerprint density at radius 2 is 1.72 bits per heavy atom. The minimum Gasteiger partial charge on any atom is -0.454 e. The number of rotatable bonds is 8. The van der Waals surface area contributed by atoms with Gasteiger partial charge in [0.25, 0.3) is 0 Å². The van der Waals surface area contributed by atoms with Crippen molar-refractivity contribution in [3.05, 3.63) is 59.7 Å². The summed E-state index contributed by atoms with van der Waals surface area (Å²) in [5, 5.41) is 2.68. The molecular weight excluding hydrogens is 436 g/mol. The number of nitrogens with one attached hydrogen (secondary N) is 1. The highest BCUT2D eigenvalue weighted by Crippen LogP contribution is 2.19. The minimum absolute atomic E-state index is 0.0232. The first-order valence-electron chi connectivity index (χ1n) is 10.1. The van der Waals surface area contributed by atoms with Crippen molar-refractivity contribution >= 4 is 33.4 Å². The number of sulfonamides is 1. The number of carbonyl (C=O) groups is 3. The van der Waals surface area contributed by atoms with E-state index in [2.05, 4.69) is 5.32 Å². The van der Waals surface area contributed by atoms with Gasteiger partial charge in [0.2, 0.25) is 15.9 Å². The number of ketones is 1. The number of amides is 1. The summed E-state index contributed by atoms with van der Waals surface area (Å²) in [6.07, 6.45) is 0.339. The second-order valence-corrected chi connectivity index (χ2v) is 8.96.